The summed E-state index contributed by atoms with van der Waals surface area (Å²) < 4.78 is 12.9. The van der Waals surface area contributed by atoms with Crippen LogP contribution in [-0.2, 0) is 15.1 Å². The number of benzene rings is 1. The van der Waals surface area contributed by atoms with Crippen LogP contribution in [0.4, 0.5) is 14.9 Å². The molecule has 25 heavy (non-hydrogen) atoms. The van der Waals surface area contributed by atoms with Gasteiger partial charge in [-0.1, -0.05) is 6.07 Å². The first-order valence-electron chi connectivity index (χ1n) is 7.51. The SMILES string of the molecule is C[C@@]1(c2ccccn2)NC(=O)N(CC(=O)Nc2ccc(F)cc2)C1=O. The van der Waals surface area contributed by atoms with E-state index in [2.05, 4.69) is 15.6 Å². The van der Waals surface area contributed by atoms with E-state index in [1.54, 1.807) is 18.2 Å². The summed E-state index contributed by atoms with van der Waals surface area (Å²) in [5.41, 5.74) is -0.574. The summed E-state index contributed by atoms with van der Waals surface area (Å²) in [7, 11) is 0. The zero-order valence-corrected chi connectivity index (χ0v) is 13.3. The van der Waals surface area contributed by atoms with Crippen LogP contribution in [0.15, 0.2) is 48.7 Å². The van der Waals surface area contributed by atoms with Gasteiger partial charge in [-0.3, -0.25) is 19.5 Å². The number of halogens is 1. The zero-order chi connectivity index (χ0) is 18.0. The second kappa shape index (κ2) is 6.31. The van der Waals surface area contributed by atoms with Crippen molar-refractivity contribution in [1.29, 1.82) is 0 Å². The van der Waals surface area contributed by atoms with Gasteiger partial charge in [0.15, 0.2) is 5.54 Å². The lowest BCUT2D eigenvalue weighted by Crippen LogP contribution is -2.42. The molecule has 1 atom stereocenters. The highest BCUT2D eigenvalue weighted by atomic mass is 19.1. The highest BCUT2D eigenvalue weighted by molar-refractivity contribution is 6.10. The van der Waals surface area contributed by atoms with Crippen molar-refractivity contribution >= 4 is 23.5 Å². The predicted molar refractivity (Wildman–Crippen MR) is 86.9 cm³/mol. The molecule has 1 saturated heterocycles. The minimum atomic E-state index is -1.32. The molecule has 7 nitrogen and oxygen atoms in total. The van der Waals surface area contributed by atoms with E-state index < -0.39 is 35.7 Å². The van der Waals surface area contributed by atoms with E-state index in [1.807, 2.05) is 0 Å². The first-order valence-corrected chi connectivity index (χ1v) is 7.51. The monoisotopic (exact) mass is 342 g/mol. The van der Waals surface area contributed by atoms with Crippen molar-refractivity contribution in [3.05, 3.63) is 60.2 Å². The molecule has 2 N–H and O–H groups in total. The maximum absolute atomic E-state index is 12.9. The molecule has 1 aliphatic heterocycles. The third-order valence-electron chi connectivity index (χ3n) is 3.88. The van der Waals surface area contributed by atoms with Gasteiger partial charge in [-0.05, 0) is 43.3 Å². The van der Waals surface area contributed by atoms with E-state index in [9.17, 15) is 18.8 Å². The highest BCUT2D eigenvalue weighted by Crippen LogP contribution is 2.27. The molecular weight excluding hydrogens is 327 g/mol. The van der Waals surface area contributed by atoms with Crippen molar-refractivity contribution in [2.45, 2.75) is 12.5 Å². The molecule has 128 valence electrons. The molecule has 8 heteroatoms. The minimum absolute atomic E-state index is 0.367. The molecule has 3 rings (SSSR count). The van der Waals surface area contributed by atoms with Crippen LogP contribution in [0.2, 0.25) is 0 Å². The maximum atomic E-state index is 12.9. The van der Waals surface area contributed by atoms with Crippen molar-refractivity contribution in [1.82, 2.24) is 15.2 Å². The molecule has 0 radical (unpaired) electrons. The molecule has 0 unspecified atom stereocenters. The summed E-state index contributed by atoms with van der Waals surface area (Å²) in [4.78, 5) is 41.8. The fraction of sp³-hybridized carbons (Fsp3) is 0.176. The lowest BCUT2D eigenvalue weighted by Gasteiger charge is -2.20. The van der Waals surface area contributed by atoms with Gasteiger partial charge in [-0.25, -0.2) is 9.18 Å². The number of pyridine rings is 1. The van der Waals surface area contributed by atoms with E-state index in [4.69, 9.17) is 0 Å². The third-order valence-corrected chi connectivity index (χ3v) is 3.88. The summed E-state index contributed by atoms with van der Waals surface area (Å²) in [6.07, 6.45) is 1.52. The molecule has 2 aromatic rings. The van der Waals surface area contributed by atoms with Crippen LogP contribution >= 0.6 is 0 Å². The molecule has 0 spiro atoms. The van der Waals surface area contributed by atoms with Crippen molar-refractivity contribution in [2.24, 2.45) is 0 Å². The normalized spacial score (nSPS) is 19.7. The van der Waals surface area contributed by atoms with E-state index in [-0.39, 0.29) is 0 Å². The molecular formula is C17H15FN4O3. The Balaban J connectivity index is 1.72. The number of anilines is 1. The Hall–Kier alpha value is -3.29. The molecule has 0 saturated carbocycles. The maximum Gasteiger partial charge on any atom is 0.325 e. The first-order chi connectivity index (χ1) is 11.9. The van der Waals surface area contributed by atoms with Crippen molar-refractivity contribution < 1.29 is 18.8 Å². The average molecular weight is 342 g/mol. The average Bonchev–Trinajstić information content (AvgIpc) is 2.82. The van der Waals surface area contributed by atoms with Gasteiger partial charge in [0.25, 0.3) is 5.91 Å². The van der Waals surface area contributed by atoms with E-state index in [0.717, 1.165) is 4.90 Å². The topological polar surface area (TPSA) is 91.4 Å². The second-order valence-electron chi connectivity index (χ2n) is 5.72. The highest BCUT2D eigenvalue weighted by Gasteiger charge is 2.50. The number of aromatic nitrogens is 1. The molecule has 0 aliphatic carbocycles. The van der Waals surface area contributed by atoms with Gasteiger partial charge in [-0.15, -0.1) is 0 Å². The number of carbonyl (C=O) groups is 3. The number of hydrogen-bond acceptors (Lipinski definition) is 4. The zero-order valence-electron chi connectivity index (χ0n) is 13.3. The Kier molecular flexibility index (Phi) is 4.18. The summed E-state index contributed by atoms with van der Waals surface area (Å²) in [5, 5.41) is 5.08. The van der Waals surface area contributed by atoms with Gasteiger partial charge in [0.05, 0.1) is 5.69 Å². The fourth-order valence-electron chi connectivity index (χ4n) is 2.55. The Bertz CT molecular complexity index is 826. The van der Waals surface area contributed by atoms with Gasteiger partial charge in [0, 0.05) is 11.9 Å². The second-order valence-corrected chi connectivity index (χ2v) is 5.72. The van der Waals surface area contributed by atoms with Gasteiger partial charge in [-0.2, -0.15) is 0 Å². The van der Waals surface area contributed by atoms with Gasteiger partial charge >= 0.3 is 6.03 Å². The van der Waals surface area contributed by atoms with Crippen LogP contribution in [0.3, 0.4) is 0 Å². The molecule has 1 aromatic carbocycles. The number of rotatable bonds is 4. The summed E-state index contributed by atoms with van der Waals surface area (Å²) in [5.74, 6) is -1.57. The molecule has 2 heterocycles. The van der Waals surface area contributed by atoms with Gasteiger partial charge in [0.2, 0.25) is 5.91 Å². The Morgan fingerprint density at radius 2 is 1.96 bits per heavy atom. The third kappa shape index (κ3) is 3.18. The van der Waals surface area contributed by atoms with Crippen molar-refractivity contribution in [2.75, 3.05) is 11.9 Å². The lowest BCUT2D eigenvalue weighted by molar-refractivity contribution is -0.133. The van der Waals surface area contributed by atoms with Crippen LogP contribution in [0.25, 0.3) is 0 Å². The Labute approximate surface area is 142 Å². The van der Waals surface area contributed by atoms with Crippen LogP contribution in [0.1, 0.15) is 12.6 Å². The van der Waals surface area contributed by atoms with Crippen molar-refractivity contribution in [3.8, 4) is 0 Å². The van der Waals surface area contributed by atoms with Crippen molar-refractivity contribution in [3.63, 3.8) is 0 Å². The summed E-state index contributed by atoms with van der Waals surface area (Å²) in [6.45, 7) is 1.08. The molecule has 0 bridgehead atoms. The largest absolute Gasteiger partial charge is 0.325 e. The van der Waals surface area contributed by atoms with Gasteiger partial charge < -0.3 is 10.6 Å². The van der Waals surface area contributed by atoms with Crippen LogP contribution in [-0.4, -0.2) is 34.3 Å². The standard InChI is InChI=1S/C17H15FN4O3/c1-17(13-4-2-3-9-19-13)15(24)22(16(25)21-17)10-14(23)20-12-7-5-11(18)6-8-12/h2-9H,10H2,1H3,(H,20,23)(H,21,25)/t17-/m0/s1. The smallest absolute Gasteiger partial charge is 0.325 e. The summed E-state index contributed by atoms with van der Waals surface area (Å²) >= 11 is 0. The number of urea groups is 1. The van der Waals surface area contributed by atoms with Crippen LogP contribution < -0.4 is 10.6 Å². The molecule has 1 fully saturated rings. The quantitative estimate of drug-likeness (QED) is 0.826. The number of imide groups is 1. The van der Waals surface area contributed by atoms with Crippen LogP contribution in [0.5, 0.6) is 0 Å². The summed E-state index contributed by atoms with van der Waals surface area (Å²) in [6, 6.07) is 9.52. The predicted octanol–water partition coefficient (Wildman–Crippen LogP) is 1.63. The van der Waals surface area contributed by atoms with Gasteiger partial charge in [0.1, 0.15) is 12.4 Å². The molecule has 1 aromatic heterocycles. The first kappa shape index (κ1) is 16.6. The number of hydrogen-bond donors (Lipinski definition) is 2. The van der Waals surface area contributed by atoms with E-state index >= 15 is 0 Å². The number of nitrogens with one attached hydrogen (secondary N) is 2. The van der Waals surface area contributed by atoms with E-state index in [0.29, 0.717) is 11.4 Å². The number of amides is 4. The molecule has 1 aliphatic rings. The number of nitrogens with zero attached hydrogens (tertiary/aromatic N) is 2. The van der Waals surface area contributed by atoms with Crippen LogP contribution in [0, 0.1) is 5.82 Å². The van der Waals surface area contributed by atoms with E-state index in [1.165, 1.54) is 37.4 Å². The Morgan fingerprint density at radius 3 is 2.60 bits per heavy atom. The lowest BCUT2D eigenvalue weighted by atomic mass is 9.97. The number of carbonyl (C=O) groups excluding carboxylic acids is 3. The minimum Gasteiger partial charge on any atom is -0.325 e. The fourth-order valence-corrected chi connectivity index (χ4v) is 2.55. The Morgan fingerprint density at radius 1 is 1.24 bits per heavy atom. The molecule has 4 amide bonds.